The zero-order valence-electron chi connectivity index (χ0n) is 12.6. The lowest BCUT2D eigenvalue weighted by Crippen LogP contribution is -2.29. The number of rotatable bonds is 7. The number of hydrogen-bond donors (Lipinski definition) is 1. The minimum absolute atomic E-state index is 0.0179. The van der Waals surface area contributed by atoms with Crippen molar-refractivity contribution >= 4 is 17.3 Å². The van der Waals surface area contributed by atoms with Crippen LogP contribution >= 0.6 is 11.6 Å². The molecular formula is C16H27ClN2. The zero-order valence-corrected chi connectivity index (χ0v) is 13.4. The molecule has 0 fully saturated rings. The lowest BCUT2D eigenvalue weighted by Gasteiger charge is -2.28. The first kappa shape index (κ1) is 16.3. The maximum Gasteiger partial charge on any atom is 0.0474 e. The van der Waals surface area contributed by atoms with Crippen molar-refractivity contribution in [2.45, 2.75) is 46.6 Å². The van der Waals surface area contributed by atoms with Crippen LogP contribution in [-0.2, 0) is 0 Å². The lowest BCUT2D eigenvalue weighted by atomic mass is 10.0. The molecule has 1 atom stereocenters. The van der Waals surface area contributed by atoms with Gasteiger partial charge in [0.25, 0.3) is 0 Å². The normalized spacial score (nSPS) is 12.8. The molecular weight excluding hydrogens is 256 g/mol. The van der Waals surface area contributed by atoms with Crippen molar-refractivity contribution in [1.82, 2.24) is 0 Å². The highest BCUT2D eigenvalue weighted by molar-refractivity contribution is 6.31. The van der Waals surface area contributed by atoms with Crippen molar-refractivity contribution in [3.8, 4) is 0 Å². The quantitative estimate of drug-likeness (QED) is 0.790. The van der Waals surface area contributed by atoms with Crippen molar-refractivity contribution in [1.29, 1.82) is 0 Å². The third-order valence-corrected chi connectivity index (χ3v) is 4.18. The predicted molar refractivity (Wildman–Crippen MR) is 86.0 cm³/mol. The Bertz CT molecular complexity index is 386. The van der Waals surface area contributed by atoms with Crippen LogP contribution in [0.1, 0.15) is 52.1 Å². The molecule has 0 spiro atoms. The van der Waals surface area contributed by atoms with Crippen LogP contribution in [0.5, 0.6) is 0 Å². The van der Waals surface area contributed by atoms with Gasteiger partial charge in [-0.15, -0.1) is 0 Å². The van der Waals surface area contributed by atoms with Crippen LogP contribution in [0.15, 0.2) is 18.2 Å². The van der Waals surface area contributed by atoms with Gasteiger partial charge in [0.2, 0.25) is 0 Å². The summed E-state index contributed by atoms with van der Waals surface area (Å²) in [5.41, 5.74) is 8.11. The van der Waals surface area contributed by atoms with Crippen LogP contribution in [0.25, 0.3) is 0 Å². The average molecular weight is 283 g/mol. The summed E-state index contributed by atoms with van der Waals surface area (Å²) in [7, 11) is 0. The Morgan fingerprint density at radius 1 is 1.21 bits per heavy atom. The summed E-state index contributed by atoms with van der Waals surface area (Å²) in [6, 6.07) is 6.22. The van der Waals surface area contributed by atoms with Gasteiger partial charge in [0.15, 0.2) is 0 Å². The van der Waals surface area contributed by atoms with E-state index in [4.69, 9.17) is 17.3 Å². The third kappa shape index (κ3) is 4.39. The molecule has 3 heteroatoms. The van der Waals surface area contributed by atoms with Crippen LogP contribution in [0.2, 0.25) is 5.02 Å². The fourth-order valence-corrected chi connectivity index (χ4v) is 2.70. The van der Waals surface area contributed by atoms with Gasteiger partial charge in [-0.25, -0.2) is 0 Å². The molecule has 1 aromatic carbocycles. The molecule has 19 heavy (non-hydrogen) atoms. The van der Waals surface area contributed by atoms with Crippen LogP contribution in [-0.4, -0.2) is 13.1 Å². The van der Waals surface area contributed by atoms with Gasteiger partial charge < -0.3 is 10.6 Å². The molecule has 0 heterocycles. The maximum absolute atomic E-state index is 6.32. The van der Waals surface area contributed by atoms with E-state index >= 15 is 0 Å². The molecule has 0 saturated carbocycles. The Labute approximate surface area is 122 Å². The van der Waals surface area contributed by atoms with Gasteiger partial charge >= 0.3 is 0 Å². The number of benzene rings is 1. The first-order chi connectivity index (χ1) is 9.03. The summed E-state index contributed by atoms with van der Waals surface area (Å²) >= 11 is 6.32. The van der Waals surface area contributed by atoms with Gasteiger partial charge in [0.1, 0.15) is 0 Å². The Hall–Kier alpha value is -0.730. The summed E-state index contributed by atoms with van der Waals surface area (Å²) in [6.07, 6.45) is 2.44. The molecule has 0 saturated heterocycles. The van der Waals surface area contributed by atoms with E-state index in [-0.39, 0.29) is 6.04 Å². The molecule has 2 N–H and O–H groups in total. The van der Waals surface area contributed by atoms with Crippen LogP contribution in [0.4, 0.5) is 5.69 Å². The summed E-state index contributed by atoms with van der Waals surface area (Å²) in [5.74, 6) is 0.742. The average Bonchev–Trinajstić information content (AvgIpc) is 2.39. The first-order valence-corrected chi connectivity index (χ1v) is 7.71. The van der Waals surface area contributed by atoms with Gasteiger partial charge in [-0.3, -0.25) is 0 Å². The molecule has 0 aliphatic carbocycles. The second kappa shape index (κ2) is 7.76. The molecule has 1 rings (SSSR count). The predicted octanol–water partition coefficient (Wildman–Crippen LogP) is 4.62. The van der Waals surface area contributed by atoms with E-state index < -0.39 is 0 Å². The highest BCUT2D eigenvalue weighted by Gasteiger charge is 2.13. The van der Waals surface area contributed by atoms with E-state index in [1.54, 1.807) is 0 Å². The van der Waals surface area contributed by atoms with E-state index in [0.29, 0.717) is 0 Å². The van der Waals surface area contributed by atoms with Gasteiger partial charge in [0, 0.05) is 29.8 Å². The first-order valence-electron chi connectivity index (χ1n) is 7.33. The Kier molecular flexibility index (Phi) is 6.67. The van der Waals surface area contributed by atoms with E-state index in [9.17, 15) is 0 Å². The number of nitrogens with two attached hydrogens (primary N) is 1. The molecule has 0 amide bonds. The van der Waals surface area contributed by atoms with Gasteiger partial charge in [-0.1, -0.05) is 44.4 Å². The van der Waals surface area contributed by atoms with Crippen molar-refractivity contribution in [2.75, 3.05) is 18.0 Å². The second-order valence-electron chi connectivity index (χ2n) is 5.22. The van der Waals surface area contributed by atoms with Crippen molar-refractivity contribution in [2.24, 2.45) is 11.7 Å². The fraction of sp³-hybridized carbons (Fsp3) is 0.625. The number of nitrogens with zero attached hydrogens (tertiary/aromatic N) is 1. The van der Waals surface area contributed by atoms with E-state index in [1.165, 1.54) is 18.5 Å². The van der Waals surface area contributed by atoms with Crippen LogP contribution < -0.4 is 10.6 Å². The molecule has 0 bridgehead atoms. The third-order valence-electron chi connectivity index (χ3n) is 3.85. The minimum Gasteiger partial charge on any atom is -0.371 e. The van der Waals surface area contributed by atoms with Crippen LogP contribution in [0, 0.1) is 5.92 Å². The molecule has 0 aliphatic rings. The van der Waals surface area contributed by atoms with E-state index in [0.717, 1.165) is 29.6 Å². The molecule has 2 nitrogen and oxygen atoms in total. The number of hydrogen-bond acceptors (Lipinski definition) is 2. The van der Waals surface area contributed by atoms with Gasteiger partial charge in [0.05, 0.1) is 0 Å². The molecule has 1 aromatic rings. The Morgan fingerprint density at radius 2 is 1.84 bits per heavy atom. The van der Waals surface area contributed by atoms with Crippen molar-refractivity contribution in [3.63, 3.8) is 0 Å². The van der Waals surface area contributed by atoms with E-state index in [2.05, 4.69) is 37.8 Å². The smallest absolute Gasteiger partial charge is 0.0474 e. The zero-order chi connectivity index (χ0) is 14.4. The molecule has 108 valence electrons. The molecule has 1 unspecified atom stereocenters. The fourth-order valence-electron chi connectivity index (χ4n) is 2.36. The van der Waals surface area contributed by atoms with E-state index in [1.807, 2.05) is 13.0 Å². The Balaban J connectivity index is 2.90. The van der Waals surface area contributed by atoms with Crippen molar-refractivity contribution in [3.05, 3.63) is 28.8 Å². The summed E-state index contributed by atoms with van der Waals surface area (Å²) < 4.78 is 0. The lowest BCUT2D eigenvalue weighted by molar-refractivity contribution is 0.486. The Morgan fingerprint density at radius 3 is 2.26 bits per heavy atom. The number of halogens is 1. The van der Waals surface area contributed by atoms with Gasteiger partial charge in [-0.2, -0.15) is 0 Å². The molecule has 0 radical (unpaired) electrons. The van der Waals surface area contributed by atoms with Crippen LogP contribution in [0.3, 0.4) is 0 Å². The largest absolute Gasteiger partial charge is 0.371 e. The molecule has 0 aliphatic heterocycles. The topological polar surface area (TPSA) is 29.3 Å². The standard InChI is InChI=1S/C16H27ClN2/c1-5-13(6-2)11-19(7-3)14-8-9-15(12(4)18)16(17)10-14/h8-10,12-13H,5-7,11,18H2,1-4H3. The molecule has 0 aromatic heterocycles. The monoisotopic (exact) mass is 282 g/mol. The highest BCUT2D eigenvalue weighted by atomic mass is 35.5. The maximum atomic E-state index is 6.32. The van der Waals surface area contributed by atoms with Gasteiger partial charge in [-0.05, 0) is 37.5 Å². The SMILES string of the molecule is CCC(CC)CN(CC)c1ccc(C(C)N)c(Cl)c1. The second-order valence-corrected chi connectivity index (χ2v) is 5.62. The number of anilines is 1. The summed E-state index contributed by atoms with van der Waals surface area (Å²) in [6.45, 7) is 10.8. The minimum atomic E-state index is -0.0179. The summed E-state index contributed by atoms with van der Waals surface area (Å²) in [4.78, 5) is 2.40. The highest BCUT2D eigenvalue weighted by Crippen LogP contribution is 2.28. The van der Waals surface area contributed by atoms with Crippen molar-refractivity contribution < 1.29 is 0 Å². The summed E-state index contributed by atoms with van der Waals surface area (Å²) in [5, 5.41) is 0.774.